The summed E-state index contributed by atoms with van der Waals surface area (Å²) < 4.78 is 6.38. The van der Waals surface area contributed by atoms with E-state index in [2.05, 4.69) is 38.0 Å². The summed E-state index contributed by atoms with van der Waals surface area (Å²) >= 11 is 3.41. The molecule has 1 N–H and O–H groups in total. The molecule has 0 atom stereocenters. The average Bonchev–Trinajstić information content (AvgIpc) is 2.73. The molecule has 0 saturated heterocycles. The first kappa shape index (κ1) is 12.2. The Hall–Kier alpha value is -1.29. The van der Waals surface area contributed by atoms with Crippen LogP contribution in [0, 0.1) is 0 Å². The number of aromatic amines is 1. The molecule has 0 bridgehead atoms. The van der Waals surface area contributed by atoms with Crippen molar-refractivity contribution in [3.63, 3.8) is 0 Å². The van der Waals surface area contributed by atoms with Crippen molar-refractivity contribution in [2.24, 2.45) is 0 Å². The van der Waals surface area contributed by atoms with Crippen LogP contribution in [0.3, 0.4) is 0 Å². The standard InChI is InChI=1S/C13H15BrN2O/c1-2-17-11-5-3-4-10(8-11)6-7-12-13(14)16-9-15-12/h3-5,8-9H,2,6-7H2,1H3,(H,15,16). The third-order valence-electron chi connectivity index (χ3n) is 2.54. The van der Waals surface area contributed by atoms with Gasteiger partial charge in [0.15, 0.2) is 0 Å². The summed E-state index contributed by atoms with van der Waals surface area (Å²) in [5.41, 5.74) is 2.41. The highest BCUT2D eigenvalue weighted by molar-refractivity contribution is 9.10. The van der Waals surface area contributed by atoms with Gasteiger partial charge in [-0.05, 0) is 53.4 Å². The number of aryl methyl sites for hydroxylation is 2. The Labute approximate surface area is 109 Å². The van der Waals surface area contributed by atoms with Gasteiger partial charge in [0.2, 0.25) is 0 Å². The summed E-state index contributed by atoms with van der Waals surface area (Å²) in [7, 11) is 0. The predicted octanol–water partition coefficient (Wildman–Crippen LogP) is 3.36. The molecule has 0 radical (unpaired) electrons. The first-order valence-corrected chi connectivity index (χ1v) is 6.48. The molecule has 0 spiro atoms. The summed E-state index contributed by atoms with van der Waals surface area (Å²) in [6.07, 6.45) is 3.62. The van der Waals surface area contributed by atoms with E-state index in [9.17, 15) is 0 Å². The van der Waals surface area contributed by atoms with Crippen LogP contribution in [0.4, 0.5) is 0 Å². The molecular weight excluding hydrogens is 280 g/mol. The minimum absolute atomic E-state index is 0.704. The molecule has 0 aliphatic rings. The highest BCUT2D eigenvalue weighted by atomic mass is 79.9. The molecule has 1 heterocycles. The topological polar surface area (TPSA) is 37.9 Å². The van der Waals surface area contributed by atoms with Gasteiger partial charge < -0.3 is 9.72 Å². The fourth-order valence-corrected chi connectivity index (χ4v) is 2.12. The van der Waals surface area contributed by atoms with Crippen LogP contribution in [-0.2, 0) is 12.8 Å². The van der Waals surface area contributed by atoms with E-state index in [1.54, 1.807) is 6.33 Å². The van der Waals surface area contributed by atoms with Gasteiger partial charge in [-0.1, -0.05) is 12.1 Å². The van der Waals surface area contributed by atoms with E-state index in [-0.39, 0.29) is 0 Å². The van der Waals surface area contributed by atoms with Crippen LogP contribution >= 0.6 is 15.9 Å². The molecule has 2 rings (SSSR count). The van der Waals surface area contributed by atoms with Crippen molar-refractivity contribution in [1.29, 1.82) is 0 Å². The largest absolute Gasteiger partial charge is 0.494 e. The van der Waals surface area contributed by atoms with Crippen LogP contribution in [-0.4, -0.2) is 16.6 Å². The van der Waals surface area contributed by atoms with Crippen LogP contribution in [0.25, 0.3) is 0 Å². The first-order chi connectivity index (χ1) is 8.29. The zero-order valence-electron chi connectivity index (χ0n) is 9.74. The number of H-pyrrole nitrogens is 1. The van der Waals surface area contributed by atoms with Crippen molar-refractivity contribution in [3.05, 3.63) is 46.5 Å². The van der Waals surface area contributed by atoms with Crippen molar-refractivity contribution in [2.45, 2.75) is 19.8 Å². The van der Waals surface area contributed by atoms with E-state index >= 15 is 0 Å². The second-order valence-electron chi connectivity index (χ2n) is 3.75. The Kier molecular flexibility index (Phi) is 4.20. The maximum atomic E-state index is 5.48. The quantitative estimate of drug-likeness (QED) is 0.918. The molecule has 4 heteroatoms. The highest BCUT2D eigenvalue weighted by Crippen LogP contribution is 2.17. The molecular formula is C13H15BrN2O. The van der Waals surface area contributed by atoms with E-state index in [0.29, 0.717) is 6.61 Å². The second kappa shape index (κ2) is 5.87. The van der Waals surface area contributed by atoms with Crippen LogP contribution in [0.1, 0.15) is 18.2 Å². The number of ether oxygens (including phenoxy) is 1. The Morgan fingerprint density at radius 1 is 1.35 bits per heavy atom. The normalized spacial score (nSPS) is 10.5. The summed E-state index contributed by atoms with van der Waals surface area (Å²) in [6.45, 7) is 2.70. The molecule has 1 aromatic carbocycles. The lowest BCUT2D eigenvalue weighted by atomic mass is 10.1. The predicted molar refractivity (Wildman–Crippen MR) is 71.3 cm³/mol. The van der Waals surface area contributed by atoms with Gasteiger partial charge in [0.05, 0.1) is 12.9 Å². The molecule has 3 nitrogen and oxygen atoms in total. The number of nitrogens with zero attached hydrogens (tertiary/aromatic N) is 1. The van der Waals surface area contributed by atoms with E-state index in [0.717, 1.165) is 28.9 Å². The Balaban J connectivity index is 1.99. The Morgan fingerprint density at radius 3 is 2.94 bits per heavy atom. The van der Waals surface area contributed by atoms with Gasteiger partial charge in [0.25, 0.3) is 0 Å². The number of halogens is 1. The summed E-state index contributed by atoms with van der Waals surface area (Å²) in [5.74, 6) is 0.939. The lowest BCUT2D eigenvalue weighted by molar-refractivity contribution is 0.340. The third-order valence-corrected chi connectivity index (χ3v) is 3.22. The summed E-state index contributed by atoms with van der Waals surface area (Å²) in [4.78, 5) is 7.24. The molecule has 0 amide bonds. The fraction of sp³-hybridized carbons (Fsp3) is 0.308. The molecule has 1 aromatic heterocycles. The number of rotatable bonds is 5. The van der Waals surface area contributed by atoms with E-state index in [4.69, 9.17) is 4.74 Å². The molecule has 90 valence electrons. The molecule has 0 saturated carbocycles. The smallest absolute Gasteiger partial charge is 0.127 e. The van der Waals surface area contributed by atoms with Gasteiger partial charge in [-0.15, -0.1) is 0 Å². The summed E-state index contributed by atoms with van der Waals surface area (Å²) in [5, 5.41) is 0. The third kappa shape index (κ3) is 3.33. The average molecular weight is 295 g/mol. The fourth-order valence-electron chi connectivity index (χ4n) is 1.71. The van der Waals surface area contributed by atoms with Gasteiger partial charge in [-0.25, -0.2) is 4.98 Å². The number of hydrogen-bond donors (Lipinski definition) is 1. The van der Waals surface area contributed by atoms with Crippen LogP contribution in [0.2, 0.25) is 0 Å². The minimum atomic E-state index is 0.704. The number of benzene rings is 1. The molecule has 0 fully saturated rings. The van der Waals surface area contributed by atoms with Crippen LogP contribution < -0.4 is 4.74 Å². The number of imidazole rings is 1. The monoisotopic (exact) mass is 294 g/mol. The lowest BCUT2D eigenvalue weighted by Gasteiger charge is -2.05. The lowest BCUT2D eigenvalue weighted by Crippen LogP contribution is -1.95. The molecule has 0 aliphatic heterocycles. The van der Waals surface area contributed by atoms with Gasteiger partial charge in [-0.2, -0.15) is 0 Å². The Morgan fingerprint density at radius 2 is 2.24 bits per heavy atom. The van der Waals surface area contributed by atoms with Crippen LogP contribution in [0.15, 0.2) is 35.2 Å². The Bertz CT molecular complexity index is 482. The molecule has 17 heavy (non-hydrogen) atoms. The molecule has 0 unspecified atom stereocenters. The number of nitrogens with one attached hydrogen (secondary N) is 1. The maximum Gasteiger partial charge on any atom is 0.127 e. The van der Waals surface area contributed by atoms with E-state index in [1.165, 1.54) is 5.56 Å². The molecule has 0 aliphatic carbocycles. The van der Waals surface area contributed by atoms with Crippen molar-refractivity contribution in [3.8, 4) is 5.75 Å². The zero-order valence-corrected chi connectivity index (χ0v) is 11.3. The van der Waals surface area contributed by atoms with Gasteiger partial charge in [0, 0.05) is 5.69 Å². The van der Waals surface area contributed by atoms with Crippen molar-refractivity contribution < 1.29 is 4.74 Å². The van der Waals surface area contributed by atoms with E-state index < -0.39 is 0 Å². The van der Waals surface area contributed by atoms with Crippen LogP contribution in [0.5, 0.6) is 5.75 Å². The van der Waals surface area contributed by atoms with Gasteiger partial charge in [-0.3, -0.25) is 0 Å². The van der Waals surface area contributed by atoms with E-state index in [1.807, 2.05) is 19.1 Å². The van der Waals surface area contributed by atoms with Gasteiger partial charge in [0.1, 0.15) is 10.4 Å². The highest BCUT2D eigenvalue weighted by Gasteiger charge is 2.03. The molecule has 2 aromatic rings. The number of hydrogen-bond acceptors (Lipinski definition) is 2. The summed E-state index contributed by atoms with van der Waals surface area (Å²) in [6, 6.07) is 8.22. The maximum absolute atomic E-state index is 5.48. The van der Waals surface area contributed by atoms with Crippen molar-refractivity contribution in [2.75, 3.05) is 6.61 Å². The second-order valence-corrected chi connectivity index (χ2v) is 4.50. The number of aromatic nitrogens is 2. The van der Waals surface area contributed by atoms with Gasteiger partial charge >= 0.3 is 0 Å². The zero-order chi connectivity index (χ0) is 12.1. The SMILES string of the molecule is CCOc1cccc(CCc2[nH]cnc2Br)c1. The van der Waals surface area contributed by atoms with Crippen molar-refractivity contribution >= 4 is 15.9 Å². The van der Waals surface area contributed by atoms with Crippen molar-refractivity contribution in [1.82, 2.24) is 9.97 Å². The first-order valence-electron chi connectivity index (χ1n) is 5.69. The minimum Gasteiger partial charge on any atom is -0.494 e.